The molecule has 18 heavy (non-hydrogen) atoms. The van der Waals surface area contributed by atoms with Crippen LogP contribution in [0.5, 0.6) is 0 Å². The standard InChI is InChI=1S/C14H21N3O/c1-14(8-9-18-2)11-16-13(15)17(14)10-12-6-4-3-5-7-12/h3-7H,8-11H2,1-2H3,(H2,15,16). The van der Waals surface area contributed by atoms with E-state index in [2.05, 4.69) is 28.9 Å². The third kappa shape index (κ3) is 2.64. The van der Waals surface area contributed by atoms with E-state index in [0.29, 0.717) is 5.96 Å². The Labute approximate surface area is 108 Å². The molecule has 0 fully saturated rings. The first-order valence-corrected chi connectivity index (χ1v) is 6.26. The van der Waals surface area contributed by atoms with Crippen LogP contribution in [0.3, 0.4) is 0 Å². The first-order valence-electron chi connectivity index (χ1n) is 6.26. The van der Waals surface area contributed by atoms with E-state index in [-0.39, 0.29) is 5.54 Å². The fourth-order valence-corrected chi connectivity index (χ4v) is 2.27. The lowest BCUT2D eigenvalue weighted by molar-refractivity contribution is 0.124. The van der Waals surface area contributed by atoms with Crippen LogP contribution in [0, 0.1) is 0 Å². The number of benzene rings is 1. The van der Waals surface area contributed by atoms with Gasteiger partial charge in [-0.2, -0.15) is 0 Å². The second kappa shape index (κ2) is 5.40. The van der Waals surface area contributed by atoms with Crippen molar-refractivity contribution >= 4 is 5.96 Å². The zero-order valence-corrected chi connectivity index (χ0v) is 11.1. The van der Waals surface area contributed by atoms with E-state index in [4.69, 9.17) is 10.5 Å². The van der Waals surface area contributed by atoms with Crippen LogP contribution in [0.4, 0.5) is 0 Å². The highest BCUT2D eigenvalue weighted by atomic mass is 16.5. The Balaban J connectivity index is 2.10. The topological polar surface area (TPSA) is 50.9 Å². The average molecular weight is 247 g/mol. The normalized spacial score (nSPS) is 23.2. The third-order valence-electron chi connectivity index (χ3n) is 3.54. The van der Waals surface area contributed by atoms with Crippen LogP contribution in [-0.4, -0.2) is 36.7 Å². The van der Waals surface area contributed by atoms with Crippen LogP contribution < -0.4 is 5.73 Å². The Morgan fingerprint density at radius 3 is 2.78 bits per heavy atom. The van der Waals surface area contributed by atoms with E-state index in [1.54, 1.807) is 7.11 Å². The highest BCUT2D eigenvalue weighted by Gasteiger charge is 2.37. The lowest BCUT2D eigenvalue weighted by Gasteiger charge is -2.36. The van der Waals surface area contributed by atoms with E-state index in [1.807, 2.05) is 18.2 Å². The Bertz CT molecular complexity index is 418. The van der Waals surface area contributed by atoms with Crippen LogP contribution in [-0.2, 0) is 11.3 Å². The van der Waals surface area contributed by atoms with Gasteiger partial charge in [-0.15, -0.1) is 0 Å². The summed E-state index contributed by atoms with van der Waals surface area (Å²) in [4.78, 5) is 6.57. The van der Waals surface area contributed by atoms with Crippen molar-refractivity contribution in [2.75, 3.05) is 20.3 Å². The highest BCUT2D eigenvalue weighted by molar-refractivity contribution is 5.80. The predicted octanol–water partition coefficient (Wildman–Crippen LogP) is 1.61. The number of nitrogens with two attached hydrogens (primary N) is 1. The number of rotatable bonds is 5. The molecule has 4 heteroatoms. The van der Waals surface area contributed by atoms with Gasteiger partial charge >= 0.3 is 0 Å². The summed E-state index contributed by atoms with van der Waals surface area (Å²) < 4.78 is 5.18. The van der Waals surface area contributed by atoms with Gasteiger partial charge in [0.1, 0.15) is 0 Å². The Hall–Kier alpha value is -1.55. The SMILES string of the molecule is COCCC1(C)CN=C(N)N1Cc1ccccc1. The third-order valence-corrected chi connectivity index (χ3v) is 3.54. The molecule has 4 nitrogen and oxygen atoms in total. The predicted molar refractivity (Wildman–Crippen MR) is 73.4 cm³/mol. The molecule has 0 aromatic heterocycles. The van der Waals surface area contributed by atoms with Crippen LogP contribution in [0.2, 0.25) is 0 Å². The molecule has 0 bridgehead atoms. The molecule has 1 heterocycles. The molecule has 2 rings (SSSR count). The fourth-order valence-electron chi connectivity index (χ4n) is 2.27. The zero-order chi connectivity index (χ0) is 13.0. The van der Waals surface area contributed by atoms with Crippen molar-refractivity contribution in [3.8, 4) is 0 Å². The minimum absolute atomic E-state index is 0.0318. The molecule has 2 N–H and O–H groups in total. The van der Waals surface area contributed by atoms with Crippen molar-refractivity contribution in [3.05, 3.63) is 35.9 Å². The number of hydrogen-bond donors (Lipinski definition) is 1. The molecule has 1 aromatic rings. The summed E-state index contributed by atoms with van der Waals surface area (Å²) in [5, 5.41) is 0. The van der Waals surface area contributed by atoms with E-state index >= 15 is 0 Å². The van der Waals surface area contributed by atoms with E-state index in [1.165, 1.54) is 5.56 Å². The summed E-state index contributed by atoms with van der Waals surface area (Å²) in [6.45, 7) is 4.47. The van der Waals surface area contributed by atoms with Crippen molar-refractivity contribution < 1.29 is 4.74 Å². The smallest absolute Gasteiger partial charge is 0.192 e. The van der Waals surface area contributed by atoms with Crippen molar-refractivity contribution in [1.82, 2.24) is 4.90 Å². The van der Waals surface area contributed by atoms with E-state index < -0.39 is 0 Å². The van der Waals surface area contributed by atoms with Crippen molar-refractivity contribution in [2.24, 2.45) is 10.7 Å². The number of ether oxygens (including phenoxy) is 1. The molecule has 98 valence electrons. The molecule has 0 aliphatic carbocycles. The lowest BCUT2D eigenvalue weighted by Crippen LogP contribution is -2.49. The molecule has 1 aliphatic heterocycles. The molecular weight excluding hydrogens is 226 g/mol. The monoisotopic (exact) mass is 247 g/mol. The molecule has 0 spiro atoms. The Morgan fingerprint density at radius 2 is 2.11 bits per heavy atom. The molecule has 0 amide bonds. The van der Waals surface area contributed by atoms with E-state index in [0.717, 1.165) is 26.1 Å². The maximum absolute atomic E-state index is 6.01. The van der Waals surface area contributed by atoms with Crippen molar-refractivity contribution in [3.63, 3.8) is 0 Å². The molecule has 0 radical (unpaired) electrons. The molecule has 1 aliphatic rings. The fraction of sp³-hybridized carbons (Fsp3) is 0.500. The number of aliphatic imine (C=N–C) groups is 1. The van der Waals surface area contributed by atoms with Crippen LogP contribution in [0.15, 0.2) is 35.3 Å². The Kier molecular flexibility index (Phi) is 3.87. The number of nitrogens with zero attached hydrogens (tertiary/aromatic N) is 2. The van der Waals surface area contributed by atoms with Gasteiger partial charge in [0.2, 0.25) is 0 Å². The Morgan fingerprint density at radius 1 is 1.39 bits per heavy atom. The summed E-state index contributed by atoms with van der Waals surface area (Å²) in [5.74, 6) is 0.637. The largest absolute Gasteiger partial charge is 0.385 e. The van der Waals surface area contributed by atoms with Crippen molar-refractivity contribution in [1.29, 1.82) is 0 Å². The first-order chi connectivity index (χ1) is 8.65. The highest BCUT2D eigenvalue weighted by Crippen LogP contribution is 2.27. The molecule has 1 atom stereocenters. The number of methoxy groups -OCH3 is 1. The van der Waals surface area contributed by atoms with Gasteiger partial charge in [0.15, 0.2) is 5.96 Å². The summed E-state index contributed by atoms with van der Waals surface area (Å²) in [5.41, 5.74) is 7.23. The van der Waals surface area contributed by atoms with Gasteiger partial charge in [0.25, 0.3) is 0 Å². The van der Waals surface area contributed by atoms with Gasteiger partial charge < -0.3 is 15.4 Å². The maximum atomic E-state index is 6.01. The van der Waals surface area contributed by atoms with Crippen LogP contribution in [0.25, 0.3) is 0 Å². The van der Waals surface area contributed by atoms with Gasteiger partial charge in [-0.1, -0.05) is 30.3 Å². The quantitative estimate of drug-likeness (QED) is 0.860. The van der Waals surface area contributed by atoms with E-state index in [9.17, 15) is 0 Å². The average Bonchev–Trinajstić information content (AvgIpc) is 2.67. The second-order valence-corrected chi connectivity index (χ2v) is 4.99. The number of guanidine groups is 1. The van der Waals surface area contributed by atoms with Gasteiger partial charge in [0.05, 0.1) is 12.1 Å². The van der Waals surface area contributed by atoms with Gasteiger partial charge in [-0.05, 0) is 18.9 Å². The minimum atomic E-state index is -0.0318. The molecule has 0 saturated carbocycles. The molecule has 1 aromatic carbocycles. The second-order valence-electron chi connectivity index (χ2n) is 4.99. The number of hydrogen-bond acceptors (Lipinski definition) is 4. The summed E-state index contributed by atoms with van der Waals surface area (Å²) >= 11 is 0. The van der Waals surface area contributed by atoms with Gasteiger partial charge in [-0.25, -0.2) is 0 Å². The lowest BCUT2D eigenvalue weighted by atomic mass is 9.96. The van der Waals surface area contributed by atoms with Crippen LogP contribution >= 0.6 is 0 Å². The summed E-state index contributed by atoms with van der Waals surface area (Å²) in [7, 11) is 1.73. The molecule has 0 saturated heterocycles. The molecular formula is C14H21N3O. The zero-order valence-electron chi connectivity index (χ0n) is 11.1. The van der Waals surface area contributed by atoms with Gasteiger partial charge in [-0.3, -0.25) is 4.99 Å². The first kappa shape index (κ1) is 12.9. The van der Waals surface area contributed by atoms with Crippen LogP contribution in [0.1, 0.15) is 18.9 Å². The minimum Gasteiger partial charge on any atom is -0.385 e. The summed E-state index contributed by atoms with van der Waals surface area (Å²) in [6.07, 6.45) is 0.931. The maximum Gasteiger partial charge on any atom is 0.192 e. The van der Waals surface area contributed by atoms with Crippen molar-refractivity contribution in [2.45, 2.75) is 25.4 Å². The molecule has 1 unspecified atom stereocenters. The summed E-state index contributed by atoms with van der Waals surface area (Å²) in [6, 6.07) is 10.3. The van der Waals surface area contributed by atoms with Gasteiger partial charge in [0, 0.05) is 20.3 Å².